The van der Waals surface area contributed by atoms with E-state index in [4.69, 9.17) is 0 Å². The molecule has 2 rings (SSSR count). The van der Waals surface area contributed by atoms with Gasteiger partial charge in [0.25, 0.3) is 5.69 Å². The lowest BCUT2D eigenvalue weighted by atomic mass is 10.2. The number of non-ortho nitro benzene ring substituents is 1. The van der Waals surface area contributed by atoms with Crippen LogP contribution in [0.1, 0.15) is 5.56 Å². The Labute approximate surface area is 128 Å². The van der Waals surface area contributed by atoms with Crippen molar-refractivity contribution >= 4 is 39.4 Å². The van der Waals surface area contributed by atoms with Gasteiger partial charge in [0.1, 0.15) is 5.82 Å². The molecule has 2 aromatic rings. The van der Waals surface area contributed by atoms with E-state index in [-0.39, 0.29) is 11.6 Å². The van der Waals surface area contributed by atoms with E-state index in [1.54, 1.807) is 30.5 Å². The van der Waals surface area contributed by atoms with E-state index in [9.17, 15) is 14.9 Å². The third-order valence-electron chi connectivity index (χ3n) is 2.48. The minimum atomic E-state index is -0.483. The van der Waals surface area contributed by atoms with E-state index in [1.807, 2.05) is 0 Å². The van der Waals surface area contributed by atoms with Crippen molar-refractivity contribution < 1.29 is 9.72 Å². The molecule has 0 spiro atoms. The van der Waals surface area contributed by atoms with E-state index in [0.29, 0.717) is 11.4 Å². The molecule has 0 radical (unpaired) electrons. The molecule has 0 aliphatic rings. The molecule has 21 heavy (non-hydrogen) atoms. The summed E-state index contributed by atoms with van der Waals surface area (Å²) in [4.78, 5) is 25.9. The van der Waals surface area contributed by atoms with Gasteiger partial charge in [-0.3, -0.25) is 14.9 Å². The molecule has 1 heterocycles. The maximum Gasteiger partial charge on any atom is 0.270 e. The Kier molecular flexibility index (Phi) is 4.78. The lowest BCUT2D eigenvalue weighted by Crippen LogP contribution is -2.08. The third kappa shape index (κ3) is 4.50. The van der Waals surface area contributed by atoms with Crippen molar-refractivity contribution in [2.24, 2.45) is 0 Å². The molecule has 1 aromatic heterocycles. The zero-order chi connectivity index (χ0) is 15.2. The third-order valence-corrected chi connectivity index (χ3v) is 2.97. The van der Waals surface area contributed by atoms with Crippen LogP contribution in [0.4, 0.5) is 11.5 Å². The van der Waals surface area contributed by atoms with Gasteiger partial charge >= 0.3 is 0 Å². The number of anilines is 1. The summed E-state index contributed by atoms with van der Waals surface area (Å²) in [7, 11) is 0. The van der Waals surface area contributed by atoms with Crippen LogP contribution in [0.15, 0.2) is 53.1 Å². The molecule has 0 saturated heterocycles. The number of aromatic nitrogens is 1. The topological polar surface area (TPSA) is 85.1 Å². The number of nitro benzene ring substituents is 1. The Hall–Kier alpha value is -2.54. The zero-order valence-corrected chi connectivity index (χ0v) is 12.3. The van der Waals surface area contributed by atoms with Crippen molar-refractivity contribution in [2.75, 3.05) is 5.32 Å². The Balaban J connectivity index is 2.05. The van der Waals surface area contributed by atoms with Gasteiger partial charge in [0.05, 0.1) is 4.92 Å². The number of nitrogens with zero attached hydrogens (tertiary/aromatic N) is 2. The van der Waals surface area contributed by atoms with Crippen molar-refractivity contribution in [3.8, 4) is 0 Å². The van der Waals surface area contributed by atoms with Crippen molar-refractivity contribution in [3.63, 3.8) is 0 Å². The molecule has 7 heteroatoms. The number of hydrogen-bond donors (Lipinski definition) is 1. The predicted octanol–water partition coefficient (Wildman–Crippen LogP) is 3.40. The summed E-state index contributed by atoms with van der Waals surface area (Å²) in [5, 5.41) is 13.2. The van der Waals surface area contributed by atoms with E-state index in [2.05, 4.69) is 26.2 Å². The fourth-order valence-electron chi connectivity index (χ4n) is 1.55. The number of carbonyl (C=O) groups excluding carboxylic acids is 1. The van der Waals surface area contributed by atoms with Crippen LogP contribution in [0.3, 0.4) is 0 Å². The lowest BCUT2D eigenvalue weighted by Gasteiger charge is -2.01. The second kappa shape index (κ2) is 6.76. The van der Waals surface area contributed by atoms with Gasteiger partial charge in [0.2, 0.25) is 5.91 Å². The molecule has 0 fully saturated rings. The molecule has 0 bridgehead atoms. The SMILES string of the molecule is O=C(/C=C/c1cccc([N+](=O)[O-])c1)Nc1cc(Br)ccn1. The molecule has 1 amide bonds. The van der Waals surface area contributed by atoms with Gasteiger partial charge in [-0.25, -0.2) is 4.98 Å². The molecule has 1 aromatic carbocycles. The van der Waals surface area contributed by atoms with E-state index in [1.165, 1.54) is 24.3 Å². The minimum Gasteiger partial charge on any atom is -0.307 e. The summed E-state index contributed by atoms with van der Waals surface area (Å²) >= 11 is 3.28. The van der Waals surface area contributed by atoms with Crippen molar-refractivity contribution in [1.82, 2.24) is 4.98 Å². The van der Waals surface area contributed by atoms with Crippen LogP contribution in [0.2, 0.25) is 0 Å². The summed E-state index contributed by atoms with van der Waals surface area (Å²) in [5.41, 5.74) is 0.549. The van der Waals surface area contributed by atoms with Crippen LogP contribution in [0.5, 0.6) is 0 Å². The number of halogens is 1. The summed E-state index contributed by atoms with van der Waals surface area (Å²) < 4.78 is 0.801. The standard InChI is InChI=1S/C14H10BrN3O3/c15-11-6-7-16-13(9-11)17-14(19)5-4-10-2-1-3-12(8-10)18(20)21/h1-9H,(H,16,17,19)/b5-4+. The zero-order valence-electron chi connectivity index (χ0n) is 10.7. The van der Waals surface area contributed by atoms with Crippen LogP contribution in [0.25, 0.3) is 6.08 Å². The molecule has 6 nitrogen and oxygen atoms in total. The number of pyridine rings is 1. The predicted molar refractivity (Wildman–Crippen MR) is 82.7 cm³/mol. The Bertz CT molecular complexity index is 716. The van der Waals surface area contributed by atoms with Crippen molar-refractivity contribution in [3.05, 3.63) is 68.8 Å². The molecule has 106 valence electrons. The first kappa shape index (κ1) is 14.9. The first-order valence-electron chi connectivity index (χ1n) is 5.90. The van der Waals surface area contributed by atoms with E-state index in [0.717, 1.165) is 4.47 Å². The second-order valence-electron chi connectivity index (χ2n) is 4.03. The average Bonchev–Trinajstić information content (AvgIpc) is 2.45. The highest BCUT2D eigenvalue weighted by molar-refractivity contribution is 9.10. The van der Waals surface area contributed by atoms with Gasteiger partial charge in [-0.1, -0.05) is 28.1 Å². The highest BCUT2D eigenvalue weighted by atomic mass is 79.9. The van der Waals surface area contributed by atoms with Crippen molar-refractivity contribution in [1.29, 1.82) is 0 Å². The quantitative estimate of drug-likeness (QED) is 0.521. The van der Waals surface area contributed by atoms with Gasteiger partial charge in [-0.2, -0.15) is 0 Å². The number of amides is 1. The molecule has 1 N–H and O–H groups in total. The Morgan fingerprint density at radius 3 is 2.86 bits per heavy atom. The molecular weight excluding hydrogens is 338 g/mol. The van der Waals surface area contributed by atoms with Crippen LogP contribution in [-0.2, 0) is 4.79 Å². The highest BCUT2D eigenvalue weighted by Gasteiger charge is 2.04. The summed E-state index contributed by atoms with van der Waals surface area (Å²) in [6.45, 7) is 0. The summed E-state index contributed by atoms with van der Waals surface area (Å²) in [5.74, 6) is 0.0465. The number of carbonyl (C=O) groups is 1. The van der Waals surface area contributed by atoms with Crippen molar-refractivity contribution in [2.45, 2.75) is 0 Å². The monoisotopic (exact) mass is 347 g/mol. The summed E-state index contributed by atoms with van der Waals surface area (Å²) in [6.07, 6.45) is 4.35. The fraction of sp³-hybridized carbons (Fsp3) is 0. The molecule has 0 aliphatic heterocycles. The highest BCUT2D eigenvalue weighted by Crippen LogP contribution is 2.15. The number of nitro groups is 1. The van der Waals surface area contributed by atoms with Gasteiger partial charge in [-0.05, 0) is 23.8 Å². The normalized spacial score (nSPS) is 10.5. The first-order valence-corrected chi connectivity index (χ1v) is 6.69. The maximum absolute atomic E-state index is 11.7. The first-order chi connectivity index (χ1) is 10.0. The number of rotatable bonds is 4. The largest absolute Gasteiger partial charge is 0.307 e. The molecule has 0 saturated carbocycles. The number of benzene rings is 1. The second-order valence-corrected chi connectivity index (χ2v) is 4.95. The van der Waals surface area contributed by atoms with Gasteiger partial charge in [0.15, 0.2) is 0 Å². The van der Waals surface area contributed by atoms with Crippen LogP contribution >= 0.6 is 15.9 Å². The van der Waals surface area contributed by atoms with Gasteiger partial charge in [0, 0.05) is 28.9 Å². The fourth-order valence-corrected chi connectivity index (χ4v) is 1.89. The maximum atomic E-state index is 11.7. The van der Waals surface area contributed by atoms with Gasteiger partial charge in [-0.15, -0.1) is 0 Å². The van der Waals surface area contributed by atoms with Crippen LogP contribution in [0, 0.1) is 10.1 Å². The van der Waals surface area contributed by atoms with E-state index < -0.39 is 4.92 Å². The smallest absolute Gasteiger partial charge is 0.270 e. The Morgan fingerprint density at radius 2 is 2.14 bits per heavy atom. The number of nitrogens with one attached hydrogen (secondary N) is 1. The molecular formula is C14H10BrN3O3. The molecule has 0 atom stereocenters. The molecule has 0 unspecified atom stereocenters. The average molecular weight is 348 g/mol. The van der Waals surface area contributed by atoms with Crippen LogP contribution < -0.4 is 5.32 Å². The molecule has 0 aliphatic carbocycles. The Morgan fingerprint density at radius 1 is 1.33 bits per heavy atom. The van der Waals surface area contributed by atoms with Crippen LogP contribution in [-0.4, -0.2) is 15.8 Å². The van der Waals surface area contributed by atoms with E-state index >= 15 is 0 Å². The number of hydrogen-bond acceptors (Lipinski definition) is 4. The lowest BCUT2D eigenvalue weighted by molar-refractivity contribution is -0.384. The summed E-state index contributed by atoms with van der Waals surface area (Å²) in [6, 6.07) is 9.43. The van der Waals surface area contributed by atoms with Gasteiger partial charge < -0.3 is 5.32 Å². The minimum absolute atomic E-state index is 0.0220.